The number of hydrogen-bond acceptors (Lipinski definition) is 3. The van der Waals surface area contributed by atoms with Gasteiger partial charge in [-0.15, -0.1) is 24.0 Å². The van der Waals surface area contributed by atoms with Crippen molar-refractivity contribution in [3.63, 3.8) is 0 Å². The van der Waals surface area contributed by atoms with Gasteiger partial charge >= 0.3 is 0 Å². The molecule has 0 fully saturated rings. The van der Waals surface area contributed by atoms with Crippen molar-refractivity contribution in [3.05, 3.63) is 58.6 Å². The van der Waals surface area contributed by atoms with Crippen molar-refractivity contribution in [1.82, 2.24) is 4.90 Å². The molecule has 6 nitrogen and oxygen atoms in total. The summed E-state index contributed by atoms with van der Waals surface area (Å²) < 4.78 is 5.11. The molecule has 0 saturated carbocycles. The predicted octanol–water partition coefficient (Wildman–Crippen LogP) is 4.02. The fourth-order valence-electron chi connectivity index (χ4n) is 3.03. The number of guanidine groups is 1. The number of ether oxygens (including phenoxy) is 1. The largest absolute Gasteiger partial charge is 0.495 e. The van der Waals surface area contributed by atoms with Crippen LogP contribution in [0.3, 0.4) is 0 Å². The van der Waals surface area contributed by atoms with Crippen LogP contribution in [-0.2, 0) is 17.9 Å². The maximum atomic E-state index is 12.4. The Kier molecular flexibility index (Phi) is 8.37. The van der Waals surface area contributed by atoms with E-state index in [0.29, 0.717) is 43.2 Å². The molecule has 3 N–H and O–H groups in total. The molecule has 0 bridgehead atoms. The second-order valence-corrected chi connectivity index (χ2v) is 6.77. The third kappa shape index (κ3) is 5.75. The standard InChI is InChI=1S/C20H23ClN4O2.HI/c1-27-18-9-8-16(11-17(18)21)24-20(22)23-10-4-7-19(26)25-12-14-5-2-3-6-15(14)13-25;/h2-3,5-6,8-9,11H,4,7,10,12-13H2,1H3,(H3,22,23,24);1H. The molecule has 0 radical (unpaired) electrons. The van der Waals surface area contributed by atoms with Gasteiger partial charge in [0.2, 0.25) is 5.91 Å². The monoisotopic (exact) mass is 514 g/mol. The number of benzene rings is 2. The summed E-state index contributed by atoms with van der Waals surface area (Å²) in [6, 6.07) is 13.4. The summed E-state index contributed by atoms with van der Waals surface area (Å²) in [5.74, 6) is 1.03. The average Bonchev–Trinajstić information content (AvgIpc) is 3.09. The molecule has 1 aliphatic heterocycles. The lowest BCUT2D eigenvalue weighted by molar-refractivity contribution is -0.131. The maximum Gasteiger partial charge on any atom is 0.223 e. The van der Waals surface area contributed by atoms with E-state index in [1.54, 1.807) is 19.2 Å². The summed E-state index contributed by atoms with van der Waals surface area (Å²) in [6.45, 7) is 1.87. The quantitative estimate of drug-likeness (QED) is 0.264. The van der Waals surface area contributed by atoms with Crippen molar-refractivity contribution < 1.29 is 9.53 Å². The van der Waals surface area contributed by atoms with Gasteiger partial charge in [-0.3, -0.25) is 9.79 Å². The first-order chi connectivity index (χ1) is 13.1. The molecule has 150 valence electrons. The number of hydrogen-bond donors (Lipinski definition) is 2. The van der Waals surface area contributed by atoms with E-state index in [0.717, 1.165) is 5.69 Å². The number of halogens is 2. The lowest BCUT2D eigenvalue weighted by atomic mass is 10.1. The number of nitrogens with one attached hydrogen (secondary N) is 1. The first-order valence-electron chi connectivity index (χ1n) is 8.82. The molecule has 2 aromatic rings. The third-order valence-corrected chi connectivity index (χ3v) is 4.74. The second-order valence-electron chi connectivity index (χ2n) is 6.36. The number of carbonyl (C=O) groups is 1. The van der Waals surface area contributed by atoms with Crippen LogP contribution in [0.2, 0.25) is 5.02 Å². The first kappa shape index (κ1) is 22.3. The molecule has 0 aliphatic carbocycles. The minimum Gasteiger partial charge on any atom is -0.495 e. The smallest absolute Gasteiger partial charge is 0.223 e. The first-order valence-corrected chi connectivity index (χ1v) is 9.19. The van der Waals surface area contributed by atoms with Gasteiger partial charge in [0, 0.05) is 31.7 Å². The number of methoxy groups -OCH3 is 1. The topological polar surface area (TPSA) is 80.0 Å². The molecule has 1 aliphatic rings. The van der Waals surface area contributed by atoms with Crippen molar-refractivity contribution >= 4 is 53.1 Å². The highest BCUT2D eigenvalue weighted by atomic mass is 127. The molecule has 8 heteroatoms. The molecule has 1 amide bonds. The lowest BCUT2D eigenvalue weighted by Gasteiger charge is -2.15. The van der Waals surface area contributed by atoms with Gasteiger partial charge in [0.15, 0.2) is 5.96 Å². The van der Waals surface area contributed by atoms with Crippen LogP contribution in [0.15, 0.2) is 47.5 Å². The Labute approximate surface area is 187 Å². The van der Waals surface area contributed by atoms with Gasteiger partial charge < -0.3 is 20.7 Å². The van der Waals surface area contributed by atoms with Crippen LogP contribution in [0.1, 0.15) is 24.0 Å². The zero-order valence-electron chi connectivity index (χ0n) is 15.7. The molecular weight excluding hydrogens is 491 g/mol. The minimum atomic E-state index is 0. The van der Waals surface area contributed by atoms with E-state index in [9.17, 15) is 4.79 Å². The normalized spacial score (nSPS) is 12.9. The molecule has 2 aromatic carbocycles. The van der Waals surface area contributed by atoms with Gasteiger partial charge in [0.1, 0.15) is 5.75 Å². The van der Waals surface area contributed by atoms with Crippen molar-refractivity contribution in [2.24, 2.45) is 10.7 Å². The van der Waals surface area contributed by atoms with Gasteiger partial charge in [-0.1, -0.05) is 35.9 Å². The molecule has 0 aromatic heterocycles. The number of carbonyl (C=O) groups excluding carboxylic acids is 1. The number of rotatable bonds is 6. The number of aliphatic imine (C=N–C) groups is 1. The number of nitrogens with two attached hydrogens (primary N) is 1. The molecule has 0 atom stereocenters. The van der Waals surface area contributed by atoms with Crippen molar-refractivity contribution in [1.29, 1.82) is 0 Å². The fraction of sp³-hybridized carbons (Fsp3) is 0.300. The number of nitrogens with zero attached hydrogens (tertiary/aromatic N) is 2. The molecule has 3 rings (SSSR count). The summed E-state index contributed by atoms with van der Waals surface area (Å²) in [5, 5.41) is 3.47. The van der Waals surface area contributed by atoms with Crippen molar-refractivity contribution in [3.8, 4) is 5.75 Å². The lowest BCUT2D eigenvalue weighted by Crippen LogP contribution is -2.25. The SMILES string of the molecule is COc1ccc(NC(N)=NCCCC(=O)N2Cc3ccccc3C2)cc1Cl.I. The molecule has 1 heterocycles. The summed E-state index contributed by atoms with van der Waals surface area (Å²) in [6.07, 6.45) is 1.11. The number of fused-ring (bicyclic) bond motifs is 1. The Hall–Kier alpha value is -2.00. The van der Waals surface area contributed by atoms with Crippen LogP contribution in [0.5, 0.6) is 5.75 Å². The van der Waals surface area contributed by atoms with E-state index >= 15 is 0 Å². The average molecular weight is 515 g/mol. The summed E-state index contributed by atoms with van der Waals surface area (Å²) in [4.78, 5) is 18.5. The van der Waals surface area contributed by atoms with E-state index in [1.807, 2.05) is 23.1 Å². The van der Waals surface area contributed by atoms with Crippen LogP contribution >= 0.6 is 35.6 Å². The molecule has 0 unspecified atom stereocenters. The number of amides is 1. The zero-order chi connectivity index (χ0) is 19.2. The van der Waals surface area contributed by atoms with E-state index in [2.05, 4.69) is 22.4 Å². The van der Waals surface area contributed by atoms with Gasteiger partial charge in [-0.2, -0.15) is 0 Å². The van der Waals surface area contributed by atoms with Crippen LogP contribution in [-0.4, -0.2) is 30.4 Å². The van der Waals surface area contributed by atoms with Gasteiger partial charge in [-0.25, -0.2) is 0 Å². The van der Waals surface area contributed by atoms with E-state index in [-0.39, 0.29) is 35.8 Å². The van der Waals surface area contributed by atoms with Crippen molar-refractivity contribution in [2.45, 2.75) is 25.9 Å². The van der Waals surface area contributed by atoms with Crippen LogP contribution < -0.4 is 15.8 Å². The highest BCUT2D eigenvalue weighted by Gasteiger charge is 2.22. The Morgan fingerprint density at radius 2 is 1.93 bits per heavy atom. The van der Waals surface area contributed by atoms with Gasteiger partial charge in [0.05, 0.1) is 12.1 Å². The zero-order valence-corrected chi connectivity index (χ0v) is 18.7. The van der Waals surface area contributed by atoms with Gasteiger partial charge in [-0.05, 0) is 35.7 Å². The van der Waals surface area contributed by atoms with E-state index < -0.39 is 0 Å². The van der Waals surface area contributed by atoms with E-state index in [1.165, 1.54) is 11.1 Å². The van der Waals surface area contributed by atoms with E-state index in [4.69, 9.17) is 22.1 Å². The fourth-order valence-corrected chi connectivity index (χ4v) is 3.29. The Morgan fingerprint density at radius 1 is 1.25 bits per heavy atom. The number of anilines is 1. The van der Waals surface area contributed by atoms with Gasteiger partial charge in [0.25, 0.3) is 0 Å². The van der Waals surface area contributed by atoms with Crippen LogP contribution in [0.25, 0.3) is 0 Å². The van der Waals surface area contributed by atoms with Crippen molar-refractivity contribution in [2.75, 3.05) is 19.0 Å². The maximum absolute atomic E-state index is 12.4. The van der Waals surface area contributed by atoms with Crippen LogP contribution in [0, 0.1) is 0 Å². The minimum absolute atomic E-state index is 0. The highest BCUT2D eigenvalue weighted by Crippen LogP contribution is 2.27. The van der Waals surface area contributed by atoms with Crippen LogP contribution in [0.4, 0.5) is 5.69 Å². The third-order valence-electron chi connectivity index (χ3n) is 4.45. The molecule has 28 heavy (non-hydrogen) atoms. The summed E-state index contributed by atoms with van der Waals surface area (Å²) in [7, 11) is 1.56. The Bertz CT molecular complexity index is 835. The Balaban J connectivity index is 0.00000280. The Morgan fingerprint density at radius 3 is 2.54 bits per heavy atom. The second kappa shape index (κ2) is 10.5. The highest BCUT2D eigenvalue weighted by molar-refractivity contribution is 14.0. The summed E-state index contributed by atoms with van der Waals surface area (Å²) >= 11 is 6.08. The molecule has 0 saturated heterocycles. The molecular formula is C20H24ClIN4O2. The summed E-state index contributed by atoms with van der Waals surface area (Å²) in [5.41, 5.74) is 9.09. The molecule has 0 spiro atoms. The predicted molar refractivity (Wildman–Crippen MR) is 123 cm³/mol.